The lowest BCUT2D eigenvalue weighted by Crippen LogP contribution is -2.33. The lowest BCUT2D eigenvalue weighted by molar-refractivity contribution is -0.119. The third-order valence-electron chi connectivity index (χ3n) is 5.07. The van der Waals surface area contributed by atoms with Gasteiger partial charge in [-0.25, -0.2) is 9.59 Å². The Hall–Kier alpha value is -3.86. The molecule has 2 N–H and O–H groups in total. The standard InChI is InChI=1S/C23H23N3O5/c1-14(2)31-23(30)26-12-19(16-6-4-7-17(10-16)22(28)29)20(13-26)21(27)25-18-8-3-5-15(9-18)11-24/h3-10,14,19-20H,12-13H2,1-2H3,(H,25,27)(H,28,29). The number of carbonyl (C=O) groups excluding carboxylic acids is 2. The predicted molar refractivity (Wildman–Crippen MR) is 113 cm³/mol. The van der Waals surface area contributed by atoms with Crippen LogP contribution in [-0.2, 0) is 9.53 Å². The van der Waals surface area contributed by atoms with Crippen LogP contribution in [0.15, 0.2) is 48.5 Å². The first-order chi connectivity index (χ1) is 14.8. The highest BCUT2D eigenvalue weighted by Gasteiger charge is 2.41. The topological polar surface area (TPSA) is 120 Å². The van der Waals surface area contributed by atoms with E-state index in [1.807, 2.05) is 6.07 Å². The number of ether oxygens (including phenoxy) is 1. The fourth-order valence-corrected chi connectivity index (χ4v) is 3.64. The summed E-state index contributed by atoms with van der Waals surface area (Å²) in [5.41, 5.74) is 1.66. The molecule has 0 bridgehead atoms. The molecule has 0 saturated carbocycles. The zero-order valence-electron chi connectivity index (χ0n) is 17.2. The number of carbonyl (C=O) groups is 3. The first-order valence-corrected chi connectivity index (χ1v) is 9.88. The van der Waals surface area contributed by atoms with Gasteiger partial charge in [-0.2, -0.15) is 5.26 Å². The molecule has 1 saturated heterocycles. The highest BCUT2D eigenvalue weighted by atomic mass is 16.6. The molecule has 3 rings (SSSR count). The highest BCUT2D eigenvalue weighted by Crippen LogP contribution is 2.34. The zero-order chi connectivity index (χ0) is 22.5. The van der Waals surface area contributed by atoms with Crippen LogP contribution in [0.3, 0.4) is 0 Å². The molecule has 2 amide bonds. The first-order valence-electron chi connectivity index (χ1n) is 9.88. The van der Waals surface area contributed by atoms with Crippen molar-refractivity contribution in [2.45, 2.75) is 25.9 Å². The van der Waals surface area contributed by atoms with Crippen molar-refractivity contribution in [2.24, 2.45) is 5.92 Å². The van der Waals surface area contributed by atoms with E-state index in [1.54, 1.807) is 50.2 Å². The molecule has 1 aliphatic heterocycles. The van der Waals surface area contributed by atoms with Crippen molar-refractivity contribution in [3.05, 3.63) is 65.2 Å². The number of hydrogen-bond donors (Lipinski definition) is 2. The van der Waals surface area contributed by atoms with Gasteiger partial charge in [-0.05, 0) is 49.7 Å². The van der Waals surface area contributed by atoms with Crippen LogP contribution in [0.4, 0.5) is 10.5 Å². The fraction of sp³-hybridized carbons (Fsp3) is 0.304. The molecule has 8 heteroatoms. The van der Waals surface area contributed by atoms with E-state index < -0.39 is 23.9 Å². The van der Waals surface area contributed by atoms with E-state index in [-0.39, 0.29) is 30.7 Å². The van der Waals surface area contributed by atoms with E-state index in [0.717, 1.165) is 0 Å². The smallest absolute Gasteiger partial charge is 0.410 e. The van der Waals surface area contributed by atoms with Gasteiger partial charge in [0.05, 0.1) is 29.2 Å². The average molecular weight is 421 g/mol. The molecule has 8 nitrogen and oxygen atoms in total. The van der Waals surface area contributed by atoms with E-state index in [2.05, 4.69) is 5.32 Å². The Morgan fingerprint density at radius 1 is 1.16 bits per heavy atom. The van der Waals surface area contributed by atoms with E-state index >= 15 is 0 Å². The Bertz CT molecular complexity index is 1040. The van der Waals surface area contributed by atoms with Crippen molar-refractivity contribution in [3.8, 4) is 6.07 Å². The van der Waals surface area contributed by atoms with E-state index in [4.69, 9.17) is 10.00 Å². The number of nitrogens with zero attached hydrogens (tertiary/aromatic N) is 2. The van der Waals surface area contributed by atoms with Crippen molar-refractivity contribution >= 4 is 23.7 Å². The highest BCUT2D eigenvalue weighted by molar-refractivity contribution is 5.94. The first kappa shape index (κ1) is 21.8. The molecule has 0 aromatic heterocycles. The minimum absolute atomic E-state index is 0.113. The van der Waals surface area contributed by atoms with Crippen molar-refractivity contribution in [1.29, 1.82) is 5.26 Å². The minimum Gasteiger partial charge on any atom is -0.478 e. The minimum atomic E-state index is -1.06. The van der Waals surface area contributed by atoms with Crippen molar-refractivity contribution in [3.63, 3.8) is 0 Å². The number of nitrogens with one attached hydrogen (secondary N) is 1. The second kappa shape index (κ2) is 9.30. The molecule has 160 valence electrons. The van der Waals surface area contributed by atoms with Gasteiger partial charge in [-0.15, -0.1) is 0 Å². The van der Waals surface area contributed by atoms with Gasteiger partial charge in [0, 0.05) is 24.7 Å². The van der Waals surface area contributed by atoms with E-state index in [0.29, 0.717) is 16.8 Å². The van der Waals surface area contributed by atoms with Gasteiger partial charge in [0.25, 0.3) is 0 Å². The van der Waals surface area contributed by atoms with Gasteiger partial charge >= 0.3 is 12.1 Å². The Labute approximate surface area is 180 Å². The fourth-order valence-electron chi connectivity index (χ4n) is 3.64. The van der Waals surface area contributed by atoms with Crippen LogP contribution in [0.2, 0.25) is 0 Å². The monoisotopic (exact) mass is 421 g/mol. The molecule has 2 unspecified atom stereocenters. The van der Waals surface area contributed by atoms with Crippen LogP contribution in [0.5, 0.6) is 0 Å². The molecule has 0 radical (unpaired) electrons. The lowest BCUT2D eigenvalue weighted by atomic mass is 9.87. The Balaban J connectivity index is 1.88. The molecule has 31 heavy (non-hydrogen) atoms. The Morgan fingerprint density at radius 3 is 2.58 bits per heavy atom. The Kier molecular flexibility index (Phi) is 6.55. The van der Waals surface area contributed by atoms with Crippen molar-refractivity contribution in [2.75, 3.05) is 18.4 Å². The number of benzene rings is 2. The average Bonchev–Trinajstić information content (AvgIpc) is 3.19. The number of nitriles is 1. The summed E-state index contributed by atoms with van der Waals surface area (Å²) in [5.74, 6) is -2.40. The van der Waals surface area contributed by atoms with Crippen LogP contribution in [-0.4, -0.2) is 47.2 Å². The van der Waals surface area contributed by atoms with E-state index in [9.17, 15) is 19.5 Å². The molecule has 2 aromatic rings. The second-order valence-corrected chi connectivity index (χ2v) is 7.66. The predicted octanol–water partition coefficient (Wildman–Crippen LogP) is 3.46. The molecule has 0 spiro atoms. The third-order valence-corrected chi connectivity index (χ3v) is 5.07. The third kappa shape index (κ3) is 5.20. The van der Waals surface area contributed by atoms with Crippen molar-refractivity contribution in [1.82, 2.24) is 4.90 Å². The van der Waals surface area contributed by atoms with Gasteiger partial charge in [-0.1, -0.05) is 18.2 Å². The number of aromatic carboxylic acids is 1. The van der Waals surface area contributed by atoms with Gasteiger partial charge in [0.2, 0.25) is 5.91 Å². The summed E-state index contributed by atoms with van der Waals surface area (Å²) < 4.78 is 5.28. The normalized spacial score (nSPS) is 17.8. The van der Waals surface area contributed by atoms with Crippen LogP contribution in [0.25, 0.3) is 0 Å². The summed E-state index contributed by atoms with van der Waals surface area (Å²) in [5, 5.41) is 21.2. The summed E-state index contributed by atoms with van der Waals surface area (Å²) >= 11 is 0. The number of anilines is 1. The number of rotatable bonds is 5. The molecule has 2 atom stereocenters. The number of amides is 2. The molecule has 2 aromatic carbocycles. The number of likely N-dealkylation sites (tertiary alicyclic amines) is 1. The second-order valence-electron chi connectivity index (χ2n) is 7.66. The van der Waals surface area contributed by atoms with Crippen molar-refractivity contribution < 1.29 is 24.2 Å². The summed E-state index contributed by atoms with van der Waals surface area (Å²) in [6, 6.07) is 15.0. The summed E-state index contributed by atoms with van der Waals surface area (Å²) in [7, 11) is 0. The SMILES string of the molecule is CC(C)OC(=O)N1CC(C(=O)Nc2cccc(C#N)c2)C(c2cccc(C(=O)O)c2)C1. The molecular weight excluding hydrogens is 398 g/mol. The number of carboxylic acids is 1. The van der Waals surface area contributed by atoms with Crippen LogP contribution in [0.1, 0.15) is 41.3 Å². The molecule has 1 aliphatic rings. The molecule has 1 fully saturated rings. The Morgan fingerprint density at radius 2 is 1.90 bits per heavy atom. The maximum atomic E-state index is 13.1. The van der Waals surface area contributed by atoms with Crippen LogP contribution in [0, 0.1) is 17.2 Å². The van der Waals surface area contributed by atoms with Crippen LogP contribution < -0.4 is 5.32 Å². The summed E-state index contributed by atoms with van der Waals surface area (Å²) in [6.07, 6.45) is -0.820. The van der Waals surface area contributed by atoms with Crippen LogP contribution >= 0.6 is 0 Å². The van der Waals surface area contributed by atoms with Gasteiger partial charge in [0.15, 0.2) is 0 Å². The quantitative estimate of drug-likeness (QED) is 0.763. The van der Waals surface area contributed by atoms with Gasteiger partial charge in [-0.3, -0.25) is 4.79 Å². The largest absolute Gasteiger partial charge is 0.478 e. The summed E-state index contributed by atoms with van der Waals surface area (Å²) in [6.45, 7) is 3.85. The number of carboxylic acid groups (broad SMARTS) is 1. The number of hydrogen-bond acceptors (Lipinski definition) is 5. The summed E-state index contributed by atoms with van der Waals surface area (Å²) in [4.78, 5) is 38.4. The molecule has 0 aliphatic carbocycles. The zero-order valence-corrected chi connectivity index (χ0v) is 17.2. The van der Waals surface area contributed by atoms with Gasteiger partial charge < -0.3 is 20.1 Å². The van der Waals surface area contributed by atoms with E-state index in [1.165, 1.54) is 17.0 Å². The van der Waals surface area contributed by atoms with Gasteiger partial charge in [0.1, 0.15) is 0 Å². The molecule has 1 heterocycles. The lowest BCUT2D eigenvalue weighted by Gasteiger charge is -2.18. The maximum Gasteiger partial charge on any atom is 0.410 e. The maximum absolute atomic E-state index is 13.1. The molecular formula is C23H23N3O5.